The van der Waals surface area contributed by atoms with Gasteiger partial charge in [0.1, 0.15) is 5.69 Å². The second-order valence-corrected chi connectivity index (χ2v) is 8.46. The summed E-state index contributed by atoms with van der Waals surface area (Å²) in [4.78, 5) is 17.4. The lowest BCUT2D eigenvalue weighted by Gasteiger charge is -2.44. The van der Waals surface area contributed by atoms with E-state index in [-0.39, 0.29) is 18.0 Å². The Balaban J connectivity index is 1.48. The van der Waals surface area contributed by atoms with Crippen molar-refractivity contribution in [2.45, 2.75) is 25.9 Å². The van der Waals surface area contributed by atoms with Gasteiger partial charge in [-0.1, -0.05) is 72.8 Å². The van der Waals surface area contributed by atoms with Crippen LogP contribution < -0.4 is 4.90 Å². The number of aromatic nitrogens is 2. The van der Waals surface area contributed by atoms with Gasteiger partial charge in [0.25, 0.3) is 5.91 Å². The van der Waals surface area contributed by atoms with Crippen LogP contribution in [0.2, 0.25) is 0 Å². The van der Waals surface area contributed by atoms with E-state index in [1.165, 1.54) is 0 Å². The maximum absolute atomic E-state index is 13.1. The molecule has 1 amide bonds. The van der Waals surface area contributed by atoms with Crippen molar-refractivity contribution in [3.8, 4) is 11.3 Å². The molecule has 4 aromatic rings. The smallest absolute Gasteiger partial charge is 0.254 e. The van der Waals surface area contributed by atoms with Gasteiger partial charge in [-0.15, -0.1) is 10.2 Å². The third-order valence-electron chi connectivity index (χ3n) is 6.25. The third-order valence-corrected chi connectivity index (χ3v) is 6.25. The second kappa shape index (κ2) is 8.42. The number of rotatable bonds is 3. The Bertz CT molecular complexity index is 1240. The molecule has 1 fully saturated rings. The SMILES string of the molecule is CC1CN(c2nnc(-c3ccccc3)c3ccccc23)C(C)CN1C(=O)c1ccccc1. The summed E-state index contributed by atoms with van der Waals surface area (Å²) >= 11 is 0. The van der Waals surface area contributed by atoms with Crippen molar-refractivity contribution >= 4 is 22.5 Å². The van der Waals surface area contributed by atoms with Crippen molar-refractivity contribution in [3.63, 3.8) is 0 Å². The van der Waals surface area contributed by atoms with E-state index in [4.69, 9.17) is 5.10 Å². The fraction of sp³-hybridized carbons (Fsp3) is 0.222. The molecular weight excluding hydrogens is 396 g/mol. The number of nitrogens with zero attached hydrogens (tertiary/aromatic N) is 4. The van der Waals surface area contributed by atoms with Gasteiger partial charge < -0.3 is 9.80 Å². The van der Waals surface area contributed by atoms with Gasteiger partial charge in [0.2, 0.25) is 0 Å². The molecule has 0 aliphatic carbocycles. The highest BCUT2D eigenvalue weighted by Gasteiger charge is 2.34. The van der Waals surface area contributed by atoms with E-state index in [1.54, 1.807) is 0 Å². The number of hydrogen-bond donors (Lipinski definition) is 0. The Labute approximate surface area is 188 Å². The Morgan fingerprint density at radius 2 is 1.38 bits per heavy atom. The van der Waals surface area contributed by atoms with Crippen LogP contribution in [0.15, 0.2) is 84.9 Å². The Kier molecular flexibility index (Phi) is 5.31. The van der Waals surface area contributed by atoms with Crippen LogP contribution in [0.3, 0.4) is 0 Å². The van der Waals surface area contributed by atoms with E-state index in [2.05, 4.69) is 48.1 Å². The molecule has 1 aliphatic heterocycles. The predicted octanol–water partition coefficient (Wildman–Crippen LogP) is 5.04. The number of carbonyl (C=O) groups is 1. The summed E-state index contributed by atoms with van der Waals surface area (Å²) in [5.41, 5.74) is 2.68. The molecule has 2 unspecified atom stereocenters. The van der Waals surface area contributed by atoms with Crippen LogP contribution in [-0.4, -0.2) is 46.2 Å². The Morgan fingerprint density at radius 3 is 2.09 bits per heavy atom. The zero-order valence-corrected chi connectivity index (χ0v) is 18.3. The van der Waals surface area contributed by atoms with Crippen molar-refractivity contribution < 1.29 is 4.79 Å². The summed E-state index contributed by atoms with van der Waals surface area (Å²) in [6.45, 7) is 5.61. The molecule has 1 aromatic heterocycles. The number of amides is 1. The third kappa shape index (κ3) is 3.60. The first-order valence-corrected chi connectivity index (χ1v) is 11.1. The maximum Gasteiger partial charge on any atom is 0.254 e. The summed E-state index contributed by atoms with van der Waals surface area (Å²) in [6, 6.07) is 28.2. The first-order chi connectivity index (χ1) is 15.6. The molecule has 2 atom stereocenters. The van der Waals surface area contributed by atoms with Gasteiger partial charge in [-0.2, -0.15) is 0 Å². The average Bonchev–Trinajstić information content (AvgIpc) is 2.85. The summed E-state index contributed by atoms with van der Waals surface area (Å²) in [6.07, 6.45) is 0. The molecule has 1 saturated heterocycles. The topological polar surface area (TPSA) is 49.3 Å². The van der Waals surface area contributed by atoms with Crippen molar-refractivity contribution in [1.82, 2.24) is 15.1 Å². The average molecular weight is 423 g/mol. The summed E-state index contributed by atoms with van der Waals surface area (Å²) in [5.74, 6) is 0.964. The van der Waals surface area contributed by atoms with Gasteiger partial charge in [-0.25, -0.2) is 0 Å². The summed E-state index contributed by atoms with van der Waals surface area (Å²) in [5, 5.41) is 11.5. The van der Waals surface area contributed by atoms with E-state index in [9.17, 15) is 4.79 Å². The minimum absolute atomic E-state index is 0.0632. The molecular formula is C27H26N4O. The van der Waals surface area contributed by atoms with Gasteiger partial charge in [-0.3, -0.25) is 4.79 Å². The summed E-state index contributed by atoms with van der Waals surface area (Å²) in [7, 11) is 0. The number of piperazine rings is 1. The first kappa shape index (κ1) is 20.2. The molecule has 1 aliphatic rings. The number of anilines is 1. The number of fused-ring (bicyclic) bond motifs is 1. The molecule has 32 heavy (non-hydrogen) atoms. The largest absolute Gasteiger partial charge is 0.348 e. The molecule has 0 saturated carbocycles. The van der Waals surface area contributed by atoms with Crippen LogP contribution >= 0.6 is 0 Å². The molecule has 0 bridgehead atoms. The first-order valence-electron chi connectivity index (χ1n) is 11.1. The number of hydrogen-bond acceptors (Lipinski definition) is 4. The fourth-order valence-corrected chi connectivity index (χ4v) is 4.56. The molecule has 3 aromatic carbocycles. The van der Waals surface area contributed by atoms with Crippen LogP contribution in [0.25, 0.3) is 22.0 Å². The molecule has 2 heterocycles. The van der Waals surface area contributed by atoms with Crippen molar-refractivity contribution in [1.29, 1.82) is 0 Å². The van der Waals surface area contributed by atoms with E-state index < -0.39 is 0 Å². The van der Waals surface area contributed by atoms with Gasteiger partial charge in [-0.05, 0) is 26.0 Å². The van der Waals surface area contributed by atoms with Crippen LogP contribution in [0.4, 0.5) is 5.82 Å². The molecule has 5 heteroatoms. The minimum Gasteiger partial charge on any atom is -0.348 e. The lowest BCUT2D eigenvalue weighted by atomic mass is 10.0. The molecule has 5 rings (SSSR count). The highest BCUT2D eigenvalue weighted by molar-refractivity contribution is 6.00. The maximum atomic E-state index is 13.1. The van der Waals surface area contributed by atoms with Crippen LogP contribution in [0, 0.1) is 0 Å². The molecule has 0 radical (unpaired) electrons. The normalized spacial score (nSPS) is 18.7. The van der Waals surface area contributed by atoms with Crippen molar-refractivity contribution in [2.24, 2.45) is 0 Å². The quantitative estimate of drug-likeness (QED) is 0.464. The van der Waals surface area contributed by atoms with E-state index in [1.807, 2.05) is 65.6 Å². The standard InChI is InChI=1S/C27H26N4O/c1-19-18-31(27(32)22-13-7-4-8-14-22)20(2)17-30(19)26-24-16-10-9-15-23(24)25(28-29-26)21-11-5-3-6-12-21/h3-16,19-20H,17-18H2,1-2H3. The van der Waals surface area contributed by atoms with Crippen LogP contribution in [0.5, 0.6) is 0 Å². The summed E-state index contributed by atoms with van der Waals surface area (Å²) < 4.78 is 0. The Hall–Kier alpha value is -3.73. The molecule has 0 spiro atoms. The fourth-order valence-electron chi connectivity index (χ4n) is 4.56. The van der Waals surface area contributed by atoms with Crippen LogP contribution in [0.1, 0.15) is 24.2 Å². The predicted molar refractivity (Wildman–Crippen MR) is 129 cm³/mol. The molecule has 5 nitrogen and oxygen atoms in total. The van der Waals surface area contributed by atoms with E-state index in [0.29, 0.717) is 13.1 Å². The van der Waals surface area contributed by atoms with Crippen LogP contribution in [-0.2, 0) is 0 Å². The highest BCUT2D eigenvalue weighted by Crippen LogP contribution is 2.33. The van der Waals surface area contributed by atoms with Gasteiger partial charge in [0.15, 0.2) is 5.82 Å². The van der Waals surface area contributed by atoms with Gasteiger partial charge in [0.05, 0.1) is 0 Å². The van der Waals surface area contributed by atoms with E-state index in [0.717, 1.165) is 33.4 Å². The van der Waals surface area contributed by atoms with Gasteiger partial charge >= 0.3 is 0 Å². The number of carbonyl (C=O) groups excluding carboxylic acids is 1. The van der Waals surface area contributed by atoms with Crippen molar-refractivity contribution in [3.05, 3.63) is 90.5 Å². The van der Waals surface area contributed by atoms with E-state index >= 15 is 0 Å². The minimum atomic E-state index is 0.0632. The lowest BCUT2D eigenvalue weighted by molar-refractivity contribution is 0.0644. The van der Waals surface area contributed by atoms with Crippen molar-refractivity contribution in [2.75, 3.05) is 18.0 Å². The Morgan fingerprint density at radius 1 is 0.750 bits per heavy atom. The molecule has 160 valence electrons. The lowest BCUT2D eigenvalue weighted by Crippen LogP contribution is -2.58. The monoisotopic (exact) mass is 422 g/mol. The zero-order chi connectivity index (χ0) is 22.1. The highest BCUT2D eigenvalue weighted by atomic mass is 16.2. The zero-order valence-electron chi connectivity index (χ0n) is 18.3. The molecule has 0 N–H and O–H groups in total. The van der Waals surface area contributed by atoms with Gasteiger partial charge in [0, 0.05) is 47.1 Å². The second-order valence-electron chi connectivity index (χ2n) is 8.46. The number of benzene rings is 3.